The van der Waals surface area contributed by atoms with Gasteiger partial charge in [-0.15, -0.1) is 0 Å². The maximum absolute atomic E-state index is 8.97. The van der Waals surface area contributed by atoms with Crippen LogP contribution in [0.1, 0.15) is 18.4 Å². The molecule has 0 spiro atoms. The second-order valence-corrected chi connectivity index (χ2v) is 3.91. The van der Waals surface area contributed by atoms with Crippen LogP contribution in [0.3, 0.4) is 0 Å². The average Bonchev–Trinajstić information content (AvgIpc) is 2.79. The third kappa shape index (κ3) is 2.94. The number of aliphatic hydroxyl groups is 1. The number of nitrogens with one attached hydrogen (secondary N) is 1. The second kappa shape index (κ2) is 5.14. The van der Waals surface area contributed by atoms with Gasteiger partial charge in [-0.2, -0.15) is 0 Å². The molecule has 0 amide bonds. The Labute approximate surface area is 90.1 Å². The van der Waals surface area contributed by atoms with Crippen molar-refractivity contribution in [3.05, 3.63) is 29.8 Å². The highest BCUT2D eigenvalue weighted by atomic mass is 16.5. The monoisotopic (exact) mass is 207 g/mol. The van der Waals surface area contributed by atoms with Crippen molar-refractivity contribution in [1.29, 1.82) is 0 Å². The van der Waals surface area contributed by atoms with Crippen LogP contribution in [0.5, 0.6) is 5.75 Å². The number of hydrogen-bond donors (Lipinski definition) is 2. The molecule has 0 aromatic heterocycles. The first kappa shape index (κ1) is 10.5. The zero-order chi connectivity index (χ0) is 10.5. The summed E-state index contributed by atoms with van der Waals surface area (Å²) in [7, 11) is 0. The Hall–Kier alpha value is -1.06. The molecule has 1 aromatic rings. The highest BCUT2D eigenvalue weighted by molar-refractivity contribution is 5.28. The van der Waals surface area contributed by atoms with Gasteiger partial charge in [0.25, 0.3) is 0 Å². The smallest absolute Gasteiger partial charge is 0.119 e. The molecule has 82 valence electrons. The van der Waals surface area contributed by atoms with Gasteiger partial charge in [0.05, 0.1) is 6.61 Å². The molecule has 2 N–H and O–H groups in total. The van der Waals surface area contributed by atoms with Crippen LogP contribution in [0.25, 0.3) is 0 Å². The van der Waals surface area contributed by atoms with Gasteiger partial charge in [0.1, 0.15) is 12.4 Å². The molecule has 1 heterocycles. The van der Waals surface area contributed by atoms with Gasteiger partial charge < -0.3 is 15.2 Å². The van der Waals surface area contributed by atoms with Crippen molar-refractivity contribution in [2.45, 2.75) is 25.5 Å². The molecule has 15 heavy (non-hydrogen) atoms. The van der Waals surface area contributed by atoms with Gasteiger partial charge in [0.2, 0.25) is 0 Å². The topological polar surface area (TPSA) is 41.5 Å². The summed E-state index contributed by atoms with van der Waals surface area (Å²) in [5, 5.41) is 12.4. The van der Waals surface area contributed by atoms with Crippen molar-refractivity contribution >= 4 is 0 Å². The number of benzene rings is 1. The molecule has 1 fully saturated rings. The fraction of sp³-hybridized carbons (Fsp3) is 0.500. The molecule has 0 aliphatic carbocycles. The maximum Gasteiger partial charge on any atom is 0.119 e. The molecule has 0 radical (unpaired) electrons. The van der Waals surface area contributed by atoms with Crippen molar-refractivity contribution in [2.75, 3.05) is 13.2 Å². The van der Waals surface area contributed by atoms with Gasteiger partial charge in [-0.1, -0.05) is 12.1 Å². The van der Waals surface area contributed by atoms with Crippen LogP contribution < -0.4 is 10.1 Å². The van der Waals surface area contributed by atoms with Crippen LogP contribution >= 0.6 is 0 Å². The van der Waals surface area contributed by atoms with Crippen molar-refractivity contribution in [3.63, 3.8) is 0 Å². The molecule has 0 bridgehead atoms. The van der Waals surface area contributed by atoms with E-state index in [0.717, 1.165) is 24.5 Å². The van der Waals surface area contributed by atoms with Gasteiger partial charge in [-0.3, -0.25) is 0 Å². The Morgan fingerprint density at radius 3 is 3.13 bits per heavy atom. The molecule has 1 aliphatic heterocycles. The van der Waals surface area contributed by atoms with E-state index < -0.39 is 0 Å². The molecule has 3 heteroatoms. The minimum Gasteiger partial charge on any atom is -0.492 e. The largest absolute Gasteiger partial charge is 0.492 e. The molecular weight excluding hydrogens is 190 g/mol. The summed E-state index contributed by atoms with van der Waals surface area (Å²) in [5.41, 5.74) is 0.895. The summed E-state index contributed by atoms with van der Waals surface area (Å²) >= 11 is 0. The quantitative estimate of drug-likeness (QED) is 0.782. The summed E-state index contributed by atoms with van der Waals surface area (Å²) in [6.07, 6.45) is 2.43. The first-order valence-electron chi connectivity index (χ1n) is 5.44. The third-order valence-electron chi connectivity index (χ3n) is 2.69. The summed E-state index contributed by atoms with van der Waals surface area (Å²) in [6, 6.07) is 8.09. The van der Waals surface area contributed by atoms with Crippen LogP contribution in [0.4, 0.5) is 0 Å². The van der Waals surface area contributed by atoms with Gasteiger partial charge in [-0.05, 0) is 37.1 Å². The summed E-state index contributed by atoms with van der Waals surface area (Å²) in [6.45, 7) is 1.89. The van der Waals surface area contributed by atoms with Crippen LogP contribution in [0.15, 0.2) is 24.3 Å². The van der Waals surface area contributed by atoms with E-state index >= 15 is 0 Å². The van der Waals surface area contributed by atoms with Crippen molar-refractivity contribution in [3.8, 4) is 5.75 Å². The summed E-state index contributed by atoms with van der Waals surface area (Å²) in [5.74, 6) is 0.843. The molecule has 2 rings (SSSR count). The minimum absolute atomic E-state index is 0.0683. The normalized spacial score (nSPS) is 20.5. The summed E-state index contributed by atoms with van der Waals surface area (Å²) in [4.78, 5) is 0. The third-order valence-corrected chi connectivity index (χ3v) is 2.69. The molecule has 1 aromatic carbocycles. The van der Waals surface area contributed by atoms with E-state index in [9.17, 15) is 0 Å². The molecule has 0 unspecified atom stereocenters. The maximum atomic E-state index is 8.97. The number of hydrogen-bond acceptors (Lipinski definition) is 3. The Morgan fingerprint density at radius 2 is 2.40 bits per heavy atom. The van der Waals surface area contributed by atoms with E-state index in [1.165, 1.54) is 12.8 Å². The summed E-state index contributed by atoms with van der Waals surface area (Å²) < 4.78 is 5.66. The zero-order valence-corrected chi connectivity index (χ0v) is 8.78. The van der Waals surface area contributed by atoms with Crippen LogP contribution in [0, 0.1) is 0 Å². The Balaban J connectivity index is 1.86. The van der Waals surface area contributed by atoms with E-state index in [-0.39, 0.29) is 6.61 Å². The fourth-order valence-electron chi connectivity index (χ4n) is 1.83. The average molecular weight is 207 g/mol. The van der Waals surface area contributed by atoms with Crippen LogP contribution in [-0.2, 0) is 6.61 Å². The van der Waals surface area contributed by atoms with E-state index in [4.69, 9.17) is 9.84 Å². The van der Waals surface area contributed by atoms with Gasteiger partial charge in [0.15, 0.2) is 0 Å². The number of ether oxygens (including phenoxy) is 1. The van der Waals surface area contributed by atoms with Crippen LogP contribution in [0.2, 0.25) is 0 Å². The number of rotatable bonds is 4. The molecule has 1 aliphatic rings. The lowest BCUT2D eigenvalue weighted by molar-refractivity contribution is 0.270. The zero-order valence-electron chi connectivity index (χ0n) is 8.78. The van der Waals surface area contributed by atoms with E-state index in [2.05, 4.69) is 5.32 Å². The lowest BCUT2D eigenvalue weighted by atomic mass is 10.2. The van der Waals surface area contributed by atoms with E-state index in [1.54, 1.807) is 0 Å². The predicted octanol–water partition coefficient (Wildman–Crippen LogP) is 1.31. The van der Waals surface area contributed by atoms with E-state index in [0.29, 0.717) is 6.04 Å². The highest BCUT2D eigenvalue weighted by Crippen LogP contribution is 2.14. The molecule has 1 saturated heterocycles. The predicted molar refractivity (Wildman–Crippen MR) is 58.9 cm³/mol. The standard InChI is InChI=1S/C12H17NO2/c14-8-10-3-1-5-12(7-10)15-9-11-4-2-6-13-11/h1,3,5,7,11,13-14H,2,4,6,8-9H2/t11-/m1/s1. The second-order valence-electron chi connectivity index (χ2n) is 3.91. The molecule has 3 nitrogen and oxygen atoms in total. The fourth-order valence-corrected chi connectivity index (χ4v) is 1.83. The minimum atomic E-state index is 0.0683. The lowest BCUT2D eigenvalue weighted by Crippen LogP contribution is -2.28. The Kier molecular flexibility index (Phi) is 3.59. The van der Waals surface area contributed by atoms with Crippen LogP contribution in [-0.4, -0.2) is 24.3 Å². The van der Waals surface area contributed by atoms with Crippen molar-refractivity contribution < 1.29 is 9.84 Å². The van der Waals surface area contributed by atoms with Gasteiger partial charge >= 0.3 is 0 Å². The molecular formula is C12H17NO2. The molecule has 1 atom stereocenters. The van der Waals surface area contributed by atoms with Crippen molar-refractivity contribution in [1.82, 2.24) is 5.32 Å². The van der Waals surface area contributed by atoms with Gasteiger partial charge in [-0.25, -0.2) is 0 Å². The first-order valence-corrected chi connectivity index (χ1v) is 5.44. The van der Waals surface area contributed by atoms with Crippen molar-refractivity contribution in [2.24, 2.45) is 0 Å². The lowest BCUT2D eigenvalue weighted by Gasteiger charge is -2.12. The highest BCUT2D eigenvalue weighted by Gasteiger charge is 2.14. The first-order chi connectivity index (χ1) is 7.38. The SMILES string of the molecule is OCc1cccc(OC[C@H]2CCCN2)c1. The molecule has 0 saturated carbocycles. The van der Waals surface area contributed by atoms with E-state index in [1.807, 2.05) is 24.3 Å². The number of aliphatic hydroxyl groups excluding tert-OH is 1. The Morgan fingerprint density at radius 1 is 1.47 bits per heavy atom. The van der Waals surface area contributed by atoms with Gasteiger partial charge in [0, 0.05) is 6.04 Å². The Bertz CT molecular complexity index is 308.